The summed E-state index contributed by atoms with van der Waals surface area (Å²) in [6.45, 7) is 10.5. The molecule has 0 radical (unpaired) electrons. The standard InChI is InChI=1S/C28H34N2O4/c1-17-24(26(32)29-18-6-8-20(33-5)9-7-18)25-21(22(31)10-11-23(25)34-17)14-30-16-28(4)13-19(30)12-27(2,3)15-28/h6-11,19,31H,12-16H2,1-5H3,(H,29,32)/t19-,28+/m0/s1. The first-order valence-corrected chi connectivity index (χ1v) is 12.0. The average Bonchev–Trinajstić information content (AvgIpc) is 3.22. The van der Waals surface area contributed by atoms with Crippen molar-refractivity contribution in [2.24, 2.45) is 10.8 Å². The normalized spacial score (nSPS) is 23.9. The molecule has 2 aliphatic rings. The van der Waals surface area contributed by atoms with Gasteiger partial charge in [-0.1, -0.05) is 20.8 Å². The minimum Gasteiger partial charge on any atom is -0.508 e. The molecule has 2 heterocycles. The van der Waals surface area contributed by atoms with Gasteiger partial charge in [-0.15, -0.1) is 0 Å². The third-order valence-corrected chi connectivity index (χ3v) is 7.57. The average molecular weight is 463 g/mol. The summed E-state index contributed by atoms with van der Waals surface area (Å²) >= 11 is 0. The van der Waals surface area contributed by atoms with Crippen molar-refractivity contribution in [1.29, 1.82) is 0 Å². The lowest BCUT2D eigenvalue weighted by Crippen LogP contribution is -2.34. The molecule has 1 saturated carbocycles. The monoisotopic (exact) mass is 462 g/mol. The number of furan rings is 1. The van der Waals surface area contributed by atoms with Gasteiger partial charge in [-0.25, -0.2) is 0 Å². The van der Waals surface area contributed by atoms with Crippen LogP contribution in [0.1, 0.15) is 61.7 Å². The highest BCUT2D eigenvalue weighted by Crippen LogP contribution is 2.53. The Balaban J connectivity index is 1.49. The number of carbonyl (C=O) groups excluding carboxylic acids is 1. The first-order chi connectivity index (χ1) is 16.1. The molecule has 1 amide bonds. The lowest BCUT2D eigenvalue weighted by Gasteiger charge is -2.40. The number of aryl methyl sites for hydroxylation is 1. The molecule has 1 saturated heterocycles. The number of phenolic OH excluding ortho intramolecular Hbond substituents is 1. The van der Waals surface area contributed by atoms with E-state index in [9.17, 15) is 9.90 Å². The molecule has 2 bridgehead atoms. The van der Waals surface area contributed by atoms with Crippen molar-refractivity contribution >= 4 is 22.6 Å². The number of nitrogens with zero attached hydrogens (tertiary/aromatic N) is 1. The van der Waals surface area contributed by atoms with Gasteiger partial charge in [-0.3, -0.25) is 9.69 Å². The molecule has 1 aliphatic carbocycles. The van der Waals surface area contributed by atoms with Crippen molar-refractivity contribution in [3.63, 3.8) is 0 Å². The number of carbonyl (C=O) groups is 1. The Morgan fingerprint density at radius 3 is 2.62 bits per heavy atom. The largest absolute Gasteiger partial charge is 0.508 e. The molecule has 1 aromatic heterocycles. The molecule has 2 fully saturated rings. The summed E-state index contributed by atoms with van der Waals surface area (Å²) in [5.41, 5.74) is 3.14. The van der Waals surface area contributed by atoms with E-state index in [-0.39, 0.29) is 17.1 Å². The Hall–Kier alpha value is -2.99. The zero-order chi connectivity index (χ0) is 24.3. The zero-order valence-corrected chi connectivity index (χ0v) is 20.7. The Labute approximate surface area is 200 Å². The number of hydrogen-bond donors (Lipinski definition) is 2. The summed E-state index contributed by atoms with van der Waals surface area (Å²) in [4.78, 5) is 15.9. The molecule has 2 atom stereocenters. The summed E-state index contributed by atoms with van der Waals surface area (Å²) in [5, 5.41) is 14.6. The van der Waals surface area contributed by atoms with E-state index in [1.807, 2.05) is 0 Å². The molecule has 6 heteroatoms. The van der Waals surface area contributed by atoms with Crippen molar-refractivity contribution in [2.75, 3.05) is 19.0 Å². The highest BCUT2D eigenvalue weighted by atomic mass is 16.5. The number of fused-ring (bicyclic) bond motifs is 3. The molecule has 180 valence electrons. The molecule has 0 unspecified atom stereocenters. The third kappa shape index (κ3) is 4.05. The fourth-order valence-corrected chi connectivity index (χ4v) is 6.63. The van der Waals surface area contributed by atoms with Gasteiger partial charge in [0.05, 0.1) is 12.7 Å². The van der Waals surface area contributed by atoms with Crippen molar-refractivity contribution in [3.8, 4) is 11.5 Å². The van der Waals surface area contributed by atoms with Crippen LogP contribution in [0.2, 0.25) is 0 Å². The minimum absolute atomic E-state index is 0.206. The molecule has 2 aromatic carbocycles. The second-order valence-corrected chi connectivity index (χ2v) is 11.3. The number of rotatable bonds is 5. The second kappa shape index (κ2) is 8.05. The van der Waals surface area contributed by atoms with Gasteiger partial charge in [0.2, 0.25) is 0 Å². The number of benzene rings is 2. The van der Waals surface area contributed by atoms with Crippen LogP contribution in [0.25, 0.3) is 11.0 Å². The summed E-state index contributed by atoms with van der Waals surface area (Å²) in [6.07, 6.45) is 3.54. The van der Waals surface area contributed by atoms with E-state index in [0.29, 0.717) is 46.0 Å². The Morgan fingerprint density at radius 1 is 1.18 bits per heavy atom. The fourth-order valence-electron chi connectivity index (χ4n) is 6.63. The smallest absolute Gasteiger partial charge is 0.259 e. The molecule has 0 spiro atoms. The molecule has 6 nitrogen and oxygen atoms in total. The number of amides is 1. The highest BCUT2D eigenvalue weighted by molar-refractivity contribution is 6.14. The van der Waals surface area contributed by atoms with Gasteiger partial charge in [0.25, 0.3) is 5.91 Å². The maximum atomic E-state index is 13.4. The van der Waals surface area contributed by atoms with E-state index in [4.69, 9.17) is 9.15 Å². The van der Waals surface area contributed by atoms with Gasteiger partial charge >= 0.3 is 0 Å². The number of phenols is 1. The van der Waals surface area contributed by atoms with Crippen molar-refractivity contribution in [3.05, 3.63) is 53.3 Å². The predicted octanol–water partition coefficient (Wildman–Crippen LogP) is 6.11. The Bertz CT molecular complexity index is 1240. The second-order valence-electron chi connectivity index (χ2n) is 11.3. The van der Waals surface area contributed by atoms with Gasteiger partial charge in [0.1, 0.15) is 22.8 Å². The topological polar surface area (TPSA) is 74.9 Å². The first kappa shape index (κ1) is 22.8. The summed E-state index contributed by atoms with van der Waals surface area (Å²) < 4.78 is 11.2. The van der Waals surface area contributed by atoms with E-state index >= 15 is 0 Å². The van der Waals surface area contributed by atoms with Crippen LogP contribution >= 0.6 is 0 Å². The van der Waals surface area contributed by atoms with Crippen LogP contribution in [0, 0.1) is 17.8 Å². The number of nitrogens with one attached hydrogen (secondary N) is 1. The Kier molecular flexibility index (Phi) is 5.40. The van der Waals surface area contributed by atoms with E-state index in [1.165, 1.54) is 12.8 Å². The number of anilines is 1. The van der Waals surface area contributed by atoms with Gasteiger partial charge in [-0.05, 0) is 73.4 Å². The van der Waals surface area contributed by atoms with Crippen molar-refractivity contribution in [2.45, 2.75) is 59.5 Å². The number of methoxy groups -OCH3 is 1. The molecule has 1 aliphatic heterocycles. The minimum atomic E-state index is -0.249. The van der Waals surface area contributed by atoms with E-state index in [2.05, 4.69) is 31.0 Å². The van der Waals surface area contributed by atoms with Crippen LogP contribution in [-0.2, 0) is 6.54 Å². The molecule has 5 rings (SSSR count). The maximum absolute atomic E-state index is 13.4. The maximum Gasteiger partial charge on any atom is 0.259 e. The number of aromatic hydroxyl groups is 1. The third-order valence-electron chi connectivity index (χ3n) is 7.57. The fraction of sp³-hybridized carbons (Fsp3) is 0.464. The molecule has 3 aromatic rings. The quantitative estimate of drug-likeness (QED) is 0.479. The van der Waals surface area contributed by atoms with Gasteiger partial charge < -0.3 is 19.6 Å². The van der Waals surface area contributed by atoms with Crippen molar-refractivity contribution in [1.82, 2.24) is 4.90 Å². The highest BCUT2D eigenvalue weighted by Gasteiger charge is 2.49. The molecule has 2 N–H and O–H groups in total. The summed E-state index contributed by atoms with van der Waals surface area (Å²) in [7, 11) is 1.61. The predicted molar refractivity (Wildman–Crippen MR) is 133 cm³/mol. The molecule has 34 heavy (non-hydrogen) atoms. The first-order valence-electron chi connectivity index (χ1n) is 12.0. The SMILES string of the molecule is COc1ccc(NC(=O)c2c(C)oc3ccc(O)c(CN4C[C@]5(C)C[C@@H]4CC(C)(C)C5)c23)cc1. The summed E-state index contributed by atoms with van der Waals surface area (Å²) in [5.74, 6) is 1.23. The van der Waals surface area contributed by atoms with E-state index < -0.39 is 0 Å². The zero-order valence-electron chi connectivity index (χ0n) is 20.7. The van der Waals surface area contributed by atoms with Gasteiger partial charge in [-0.2, -0.15) is 0 Å². The van der Waals surface area contributed by atoms with Crippen LogP contribution in [0.4, 0.5) is 5.69 Å². The number of likely N-dealkylation sites (tertiary alicyclic amines) is 1. The van der Waals surface area contributed by atoms with E-state index in [0.717, 1.165) is 24.3 Å². The van der Waals surface area contributed by atoms with Crippen LogP contribution in [-0.4, -0.2) is 35.6 Å². The van der Waals surface area contributed by atoms with Crippen LogP contribution < -0.4 is 10.1 Å². The van der Waals surface area contributed by atoms with Crippen LogP contribution in [0.3, 0.4) is 0 Å². The molecular weight excluding hydrogens is 428 g/mol. The molecular formula is C28H34N2O4. The van der Waals surface area contributed by atoms with Crippen LogP contribution in [0.15, 0.2) is 40.8 Å². The van der Waals surface area contributed by atoms with Gasteiger partial charge in [0, 0.05) is 35.8 Å². The number of ether oxygens (including phenoxy) is 1. The van der Waals surface area contributed by atoms with Crippen molar-refractivity contribution < 1.29 is 19.1 Å². The van der Waals surface area contributed by atoms with Gasteiger partial charge in [0.15, 0.2) is 0 Å². The lowest BCUT2D eigenvalue weighted by atomic mass is 9.65. The van der Waals surface area contributed by atoms with Crippen LogP contribution in [0.5, 0.6) is 11.5 Å². The summed E-state index contributed by atoms with van der Waals surface area (Å²) in [6, 6.07) is 11.1. The number of hydrogen-bond acceptors (Lipinski definition) is 5. The van der Waals surface area contributed by atoms with E-state index in [1.54, 1.807) is 50.4 Å². The Morgan fingerprint density at radius 2 is 1.91 bits per heavy atom. The lowest BCUT2D eigenvalue weighted by molar-refractivity contribution is 0.102.